The van der Waals surface area contributed by atoms with Crippen LogP contribution in [-0.2, 0) is 11.2 Å². The van der Waals surface area contributed by atoms with Gasteiger partial charge in [0.1, 0.15) is 0 Å². The van der Waals surface area contributed by atoms with Gasteiger partial charge in [0.25, 0.3) is 0 Å². The topological polar surface area (TPSA) is 26.8 Å². The largest absolute Gasteiger partial charge is 0.339 e. The van der Waals surface area contributed by atoms with Gasteiger partial charge in [-0.1, -0.05) is 54.6 Å². The fourth-order valence-corrected chi connectivity index (χ4v) is 4.58. The number of fused-ring (bicyclic) bond motifs is 1. The number of rotatable bonds is 4. The zero-order valence-electron chi connectivity index (χ0n) is 17.1. The SMILES string of the molecule is CC(C)N1CCN(C(=O)CN2CCc3ccccc3C2c2ccccc2)CC1. The number of hydrogen-bond donors (Lipinski definition) is 0. The van der Waals surface area contributed by atoms with Crippen molar-refractivity contribution in [2.24, 2.45) is 0 Å². The Labute approximate surface area is 168 Å². The molecule has 28 heavy (non-hydrogen) atoms. The van der Waals surface area contributed by atoms with E-state index in [4.69, 9.17) is 0 Å². The van der Waals surface area contributed by atoms with Crippen LogP contribution < -0.4 is 0 Å². The summed E-state index contributed by atoms with van der Waals surface area (Å²) in [4.78, 5) is 20.0. The van der Waals surface area contributed by atoms with Crippen molar-refractivity contribution in [1.82, 2.24) is 14.7 Å². The van der Waals surface area contributed by atoms with Crippen molar-refractivity contribution in [3.8, 4) is 0 Å². The Bertz CT molecular complexity index is 797. The van der Waals surface area contributed by atoms with Crippen LogP contribution in [0.4, 0.5) is 0 Å². The first kappa shape index (κ1) is 19.2. The van der Waals surface area contributed by atoms with Crippen molar-refractivity contribution in [2.75, 3.05) is 39.3 Å². The van der Waals surface area contributed by atoms with E-state index in [1.54, 1.807) is 0 Å². The van der Waals surface area contributed by atoms with E-state index < -0.39 is 0 Å². The van der Waals surface area contributed by atoms with Crippen molar-refractivity contribution in [3.63, 3.8) is 0 Å². The van der Waals surface area contributed by atoms with Crippen molar-refractivity contribution < 1.29 is 4.79 Å². The van der Waals surface area contributed by atoms with Gasteiger partial charge in [-0.2, -0.15) is 0 Å². The van der Waals surface area contributed by atoms with Gasteiger partial charge in [-0.05, 0) is 37.0 Å². The molecule has 148 valence electrons. The average molecular weight is 378 g/mol. The maximum atomic E-state index is 13.1. The maximum absolute atomic E-state index is 13.1. The molecule has 0 N–H and O–H groups in total. The predicted octanol–water partition coefficient (Wildman–Crippen LogP) is 3.19. The number of nitrogens with zero attached hydrogens (tertiary/aromatic N) is 3. The predicted molar refractivity (Wildman–Crippen MR) is 113 cm³/mol. The summed E-state index contributed by atoms with van der Waals surface area (Å²) < 4.78 is 0. The molecule has 0 radical (unpaired) electrons. The van der Waals surface area contributed by atoms with E-state index in [0.29, 0.717) is 12.6 Å². The first-order chi connectivity index (χ1) is 13.6. The van der Waals surface area contributed by atoms with Crippen molar-refractivity contribution in [2.45, 2.75) is 32.4 Å². The van der Waals surface area contributed by atoms with E-state index in [2.05, 4.69) is 83.1 Å². The molecule has 1 saturated heterocycles. The molecule has 0 spiro atoms. The summed E-state index contributed by atoms with van der Waals surface area (Å²) in [5.74, 6) is 0.267. The Morgan fingerprint density at radius 2 is 1.61 bits per heavy atom. The molecular weight excluding hydrogens is 346 g/mol. The van der Waals surface area contributed by atoms with Gasteiger partial charge in [0, 0.05) is 38.8 Å². The number of piperazine rings is 1. The molecule has 4 nitrogen and oxygen atoms in total. The number of carbonyl (C=O) groups excluding carboxylic acids is 1. The minimum absolute atomic E-state index is 0.159. The minimum atomic E-state index is 0.159. The summed E-state index contributed by atoms with van der Waals surface area (Å²) >= 11 is 0. The quantitative estimate of drug-likeness (QED) is 0.819. The second kappa shape index (κ2) is 8.46. The molecular formula is C24H31N3O. The molecule has 2 aromatic carbocycles. The monoisotopic (exact) mass is 377 g/mol. The third-order valence-electron chi connectivity index (χ3n) is 6.23. The van der Waals surface area contributed by atoms with E-state index in [0.717, 1.165) is 39.1 Å². The highest BCUT2D eigenvalue weighted by Crippen LogP contribution is 2.34. The summed E-state index contributed by atoms with van der Waals surface area (Å²) in [7, 11) is 0. The molecule has 1 atom stereocenters. The molecule has 2 aliphatic rings. The van der Waals surface area contributed by atoms with Gasteiger partial charge in [0.2, 0.25) is 5.91 Å². The normalized spacial score (nSPS) is 21.0. The van der Waals surface area contributed by atoms with Crippen molar-refractivity contribution in [3.05, 3.63) is 71.3 Å². The molecule has 2 aromatic rings. The molecule has 1 fully saturated rings. The molecule has 0 aromatic heterocycles. The van der Waals surface area contributed by atoms with E-state index in [-0.39, 0.29) is 11.9 Å². The smallest absolute Gasteiger partial charge is 0.236 e. The number of amides is 1. The number of hydrogen-bond acceptors (Lipinski definition) is 3. The lowest BCUT2D eigenvalue weighted by Crippen LogP contribution is -2.53. The van der Waals surface area contributed by atoms with Gasteiger partial charge >= 0.3 is 0 Å². The Morgan fingerprint density at radius 1 is 0.929 bits per heavy atom. The summed E-state index contributed by atoms with van der Waals surface area (Å²) in [5, 5.41) is 0. The van der Waals surface area contributed by atoms with Crippen LogP contribution in [-0.4, -0.2) is 65.9 Å². The van der Waals surface area contributed by atoms with Crippen LogP contribution in [0.3, 0.4) is 0 Å². The van der Waals surface area contributed by atoms with E-state index >= 15 is 0 Å². The zero-order valence-corrected chi connectivity index (χ0v) is 17.1. The molecule has 4 rings (SSSR count). The third kappa shape index (κ3) is 3.98. The van der Waals surface area contributed by atoms with Gasteiger partial charge in [0.05, 0.1) is 12.6 Å². The lowest BCUT2D eigenvalue weighted by atomic mass is 9.88. The minimum Gasteiger partial charge on any atom is -0.339 e. The summed E-state index contributed by atoms with van der Waals surface area (Å²) in [6.07, 6.45) is 1.01. The van der Waals surface area contributed by atoms with Gasteiger partial charge in [-0.25, -0.2) is 0 Å². The lowest BCUT2D eigenvalue weighted by Gasteiger charge is -2.40. The van der Waals surface area contributed by atoms with Crippen LogP contribution in [0.15, 0.2) is 54.6 Å². The molecule has 0 saturated carbocycles. The highest BCUT2D eigenvalue weighted by molar-refractivity contribution is 5.78. The molecule has 0 bridgehead atoms. The molecule has 4 heteroatoms. The fourth-order valence-electron chi connectivity index (χ4n) is 4.58. The lowest BCUT2D eigenvalue weighted by molar-refractivity contribution is -0.135. The van der Waals surface area contributed by atoms with E-state index in [1.165, 1.54) is 16.7 Å². The van der Waals surface area contributed by atoms with E-state index in [9.17, 15) is 4.79 Å². The highest BCUT2D eigenvalue weighted by atomic mass is 16.2. The molecule has 1 unspecified atom stereocenters. The van der Waals surface area contributed by atoms with Crippen LogP contribution in [0.2, 0.25) is 0 Å². The van der Waals surface area contributed by atoms with Crippen LogP contribution >= 0.6 is 0 Å². The zero-order chi connectivity index (χ0) is 19.5. The molecule has 2 heterocycles. The summed E-state index contributed by atoms with van der Waals surface area (Å²) in [6, 6.07) is 20.0. The van der Waals surface area contributed by atoms with Crippen LogP contribution in [0.25, 0.3) is 0 Å². The second-order valence-corrected chi connectivity index (χ2v) is 8.24. The molecule has 1 amide bonds. The van der Waals surface area contributed by atoms with Gasteiger partial charge < -0.3 is 4.90 Å². The summed E-state index contributed by atoms with van der Waals surface area (Å²) in [6.45, 7) is 9.53. The third-order valence-corrected chi connectivity index (χ3v) is 6.23. The maximum Gasteiger partial charge on any atom is 0.236 e. The fraction of sp³-hybridized carbons (Fsp3) is 0.458. The number of carbonyl (C=O) groups is 1. The van der Waals surface area contributed by atoms with Gasteiger partial charge in [-0.3, -0.25) is 14.6 Å². The second-order valence-electron chi connectivity index (χ2n) is 8.24. The van der Waals surface area contributed by atoms with Crippen LogP contribution in [0.1, 0.15) is 36.6 Å². The van der Waals surface area contributed by atoms with E-state index in [1.807, 2.05) is 0 Å². The first-order valence-electron chi connectivity index (χ1n) is 10.5. The Balaban J connectivity index is 1.51. The average Bonchev–Trinajstić information content (AvgIpc) is 2.74. The van der Waals surface area contributed by atoms with Gasteiger partial charge in [0.15, 0.2) is 0 Å². The Morgan fingerprint density at radius 3 is 2.32 bits per heavy atom. The van der Waals surface area contributed by atoms with Crippen molar-refractivity contribution >= 4 is 5.91 Å². The molecule has 0 aliphatic carbocycles. The Kier molecular flexibility index (Phi) is 5.79. The van der Waals surface area contributed by atoms with Crippen LogP contribution in [0, 0.1) is 0 Å². The van der Waals surface area contributed by atoms with Gasteiger partial charge in [-0.15, -0.1) is 0 Å². The highest BCUT2D eigenvalue weighted by Gasteiger charge is 2.31. The standard InChI is InChI=1S/C24H31N3O/c1-19(2)25-14-16-26(17-15-25)23(28)18-27-13-12-20-8-6-7-11-22(20)24(27)21-9-4-3-5-10-21/h3-11,19,24H,12-18H2,1-2H3. The molecule has 2 aliphatic heterocycles. The first-order valence-corrected chi connectivity index (χ1v) is 10.5. The summed E-state index contributed by atoms with van der Waals surface area (Å²) in [5.41, 5.74) is 4.02. The van der Waals surface area contributed by atoms with Crippen LogP contribution in [0.5, 0.6) is 0 Å². The Hall–Kier alpha value is -2.17. The number of benzene rings is 2. The van der Waals surface area contributed by atoms with Crippen molar-refractivity contribution in [1.29, 1.82) is 0 Å².